The molecule has 5 nitrogen and oxygen atoms in total. The number of carbonyl (C=O) groups is 1. The molecule has 0 saturated carbocycles. The van der Waals surface area contributed by atoms with Crippen LogP contribution in [0.1, 0.15) is 5.56 Å². The van der Waals surface area contributed by atoms with E-state index in [-0.39, 0.29) is 12.5 Å². The van der Waals surface area contributed by atoms with Gasteiger partial charge in [-0.1, -0.05) is 18.2 Å². The molecule has 2 rings (SSSR count). The number of likely N-dealkylation sites (N-methyl/N-ethyl adjacent to an activating group) is 1. The van der Waals surface area contributed by atoms with Crippen LogP contribution >= 0.6 is 0 Å². The van der Waals surface area contributed by atoms with Gasteiger partial charge in [0.15, 0.2) is 0 Å². The lowest BCUT2D eigenvalue weighted by atomic mass is 10.0. The third-order valence-corrected chi connectivity index (χ3v) is 3.23. The molecule has 0 aliphatic rings. The number of pyridine rings is 1. The lowest BCUT2D eigenvalue weighted by Crippen LogP contribution is -2.32. The zero-order chi connectivity index (χ0) is 15.2. The molecule has 1 heterocycles. The Morgan fingerprint density at radius 2 is 2.10 bits per heavy atom. The average Bonchev–Trinajstić information content (AvgIpc) is 2.54. The highest BCUT2D eigenvalue weighted by Crippen LogP contribution is 2.21. The molecule has 5 heteroatoms. The third kappa shape index (κ3) is 3.79. The Kier molecular flexibility index (Phi) is 4.90. The molecule has 1 aromatic carbocycles. The summed E-state index contributed by atoms with van der Waals surface area (Å²) in [6.07, 6.45) is 1.77. The number of methoxy groups -OCH3 is 1. The van der Waals surface area contributed by atoms with Gasteiger partial charge in [0.2, 0.25) is 11.8 Å². The number of aromatic nitrogens is 1. The van der Waals surface area contributed by atoms with Crippen LogP contribution in [-0.4, -0.2) is 36.5 Å². The first-order valence-corrected chi connectivity index (χ1v) is 6.67. The number of hydrogen-bond acceptors (Lipinski definition) is 4. The maximum Gasteiger partial charge on any atom is 0.236 e. The molecule has 21 heavy (non-hydrogen) atoms. The topological polar surface area (TPSA) is 68.5 Å². The molecule has 0 radical (unpaired) electrons. The fourth-order valence-corrected chi connectivity index (χ4v) is 2.04. The Morgan fingerprint density at radius 3 is 2.71 bits per heavy atom. The molecule has 2 aromatic rings. The van der Waals surface area contributed by atoms with E-state index in [2.05, 4.69) is 4.98 Å². The van der Waals surface area contributed by atoms with Crippen LogP contribution in [-0.2, 0) is 11.3 Å². The predicted octanol–water partition coefficient (Wildman–Crippen LogP) is 1.67. The molecule has 0 bridgehead atoms. The Labute approximate surface area is 124 Å². The summed E-state index contributed by atoms with van der Waals surface area (Å²) < 4.78 is 5.05. The number of nitrogens with two attached hydrogens (primary N) is 1. The predicted molar refractivity (Wildman–Crippen MR) is 81.8 cm³/mol. The summed E-state index contributed by atoms with van der Waals surface area (Å²) in [5, 5.41) is 0. The number of nitrogens with zero attached hydrogens (tertiary/aromatic N) is 2. The normalized spacial score (nSPS) is 10.2. The van der Waals surface area contributed by atoms with Crippen molar-refractivity contribution in [3.8, 4) is 17.0 Å². The second-order valence-corrected chi connectivity index (χ2v) is 4.74. The molecule has 110 valence electrons. The van der Waals surface area contributed by atoms with Gasteiger partial charge in [0.1, 0.15) is 0 Å². The van der Waals surface area contributed by atoms with Crippen LogP contribution in [0, 0.1) is 0 Å². The van der Waals surface area contributed by atoms with Gasteiger partial charge in [-0.25, -0.2) is 4.98 Å². The second kappa shape index (κ2) is 6.85. The first kappa shape index (κ1) is 15.0. The van der Waals surface area contributed by atoms with Crippen molar-refractivity contribution in [1.82, 2.24) is 9.88 Å². The zero-order valence-electron chi connectivity index (χ0n) is 12.2. The lowest BCUT2D eigenvalue weighted by molar-refractivity contribution is -0.128. The van der Waals surface area contributed by atoms with Crippen molar-refractivity contribution < 1.29 is 9.53 Å². The van der Waals surface area contributed by atoms with Crippen LogP contribution in [0.4, 0.5) is 0 Å². The van der Waals surface area contributed by atoms with Gasteiger partial charge in [-0.2, -0.15) is 0 Å². The van der Waals surface area contributed by atoms with Crippen LogP contribution in [0.15, 0.2) is 42.6 Å². The second-order valence-electron chi connectivity index (χ2n) is 4.74. The van der Waals surface area contributed by atoms with Crippen molar-refractivity contribution in [2.45, 2.75) is 6.54 Å². The fourth-order valence-electron chi connectivity index (χ4n) is 2.04. The Balaban J connectivity index is 2.18. The van der Waals surface area contributed by atoms with Gasteiger partial charge in [0, 0.05) is 31.4 Å². The van der Waals surface area contributed by atoms with Crippen molar-refractivity contribution in [1.29, 1.82) is 0 Å². The third-order valence-electron chi connectivity index (χ3n) is 3.23. The highest BCUT2D eigenvalue weighted by atomic mass is 16.5. The van der Waals surface area contributed by atoms with Crippen LogP contribution in [0.2, 0.25) is 0 Å². The number of carbonyl (C=O) groups excluding carboxylic acids is 1. The van der Waals surface area contributed by atoms with Gasteiger partial charge in [0.05, 0.1) is 13.7 Å². The van der Waals surface area contributed by atoms with E-state index < -0.39 is 0 Å². The summed E-state index contributed by atoms with van der Waals surface area (Å²) in [6, 6.07) is 11.8. The van der Waals surface area contributed by atoms with E-state index >= 15 is 0 Å². The first-order valence-electron chi connectivity index (χ1n) is 6.67. The van der Waals surface area contributed by atoms with Gasteiger partial charge in [-0.3, -0.25) is 4.79 Å². The van der Waals surface area contributed by atoms with Crippen LogP contribution in [0.3, 0.4) is 0 Å². The van der Waals surface area contributed by atoms with E-state index in [1.807, 2.05) is 36.4 Å². The summed E-state index contributed by atoms with van der Waals surface area (Å²) in [5.41, 5.74) is 8.47. The molecule has 0 aliphatic carbocycles. The highest BCUT2D eigenvalue weighted by molar-refractivity contribution is 5.77. The van der Waals surface area contributed by atoms with E-state index in [0.717, 1.165) is 16.7 Å². The molecule has 2 N–H and O–H groups in total. The fraction of sp³-hybridized carbons (Fsp3) is 0.250. The van der Waals surface area contributed by atoms with Crippen molar-refractivity contribution in [2.75, 3.05) is 20.7 Å². The quantitative estimate of drug-likeness (QED) is 0.907. The molecule has 0 unspecified atom stereocenters. The van der Waals surface area contributed by atoms with Crippen molar-refractivity contribution in [3.05, 3.63) is 48.2 Å². The Hall–Kier alpha value is -2.40. The number of rotatable bonds is 5. The van der Waals surface area contributed by atoms with E-state index in [1.165, 1.54) is 0 Å². The van der Waals surface area contributed by atoms with Crippen LogP contribution in [0.25, 0.3) is 11.1 Å². The molecular formula is C16H19N3O2. The Bertz CT molecular complexity index is 611. The smallest absolute Gasteiger partial charge is 0.236 e. The summed E-state index contributed by atoms with van der Waals surface area (Å²) in [6.45, 7) is 0.562. The number of amides is 1. The minimum Gasteiger partial charge on any atom is -0.481 e. The minimum atomic E-state index is -0.0773. The van der Waals surface area contributed by atoms with Gasteiger partial charge < -0.3 is 15.4 Å². The SMILES string of the molecule is COc1ccc(-c2cccc(CN(C)C(=O)CN)c2)cn1. The molecule has 0 spiro atoms. The summed E-state index contributed by atoms with van der Waals surface area (Å²) >= 11 is 0. The summed E-state index contributed by atoms with van der Waals surface area (Å²) in [7, 11) is 3.34. The number of hydrogen-bond donors (Lipinski definition) is 1. The van der Waals surface area contributed by atoms with Gasteiger partial charge in [0.25, 0.3) is 0 Å². The van der Waals surface area contributed by atoms with E-state index in [0.29, 0.717) is 12.4 Å². The number of ether oxygens (including phenoxy) is 1. The monoisotopic (exact) mass is 285 g/mol. The molecule has 0 fully saturated rings. The molecule has 1 amide bonds. The van der Waals surface area contributed by atoms with Crippen molar-refractivity contribution >= 4 is 5.91 Å². The maximum atomic E-state index is 11.5. The number of benzene rings is 1. The minimum absolute atomic E-state index is 0.0264. The van der Waals surface area contributed by atoms with E-state index in [4.69, 9.17) is 10.5 Å². The van der Waals surface area contributed by atoms with Crippen LogP contribution < -0.4 is 10.5 Å². The summed E-state index contributed by atoms with van der Waals surface area (Å²) in [5.74, 6) is 0.509. The standard InChI is InChI=1S/C16H19N3O2/c1-19(16(20)9-17)11-12-4-3-5-13(8-12)14-6-7-15(21-2)18-10-14/h3-8,10H,9,11,17H2,1-2H3. The van der Waals surface area contributed by atoms with Crippen molar-refractivity contribution in [2.24, 2.45) is 5.73 Å². The molecule has 1 aromatic heterocycles. The first-order chi connectivity index (χ1) is 10.1. The molecule has 0 atom stereocenters. The Morgan fingerprint density at radius 1 is 1.29 bits per heavy atom. The molecular weight excluding hydrogens is 266 g/mol. The largest absolute Gasteiger partial charge is 0.481 e. The summed E-state index contributed by atoms with van der Waals surface area (Å²) in [4.78, 5) is 17.3. The van der Waals surface area contributed by atoms with Gasteiger partial charge in [-0.15, -0.1) is 0 Å². The van der Waals surface area contributed by atoms with Crippen molar-refractivity contribution in [3.63, 3.8) is 0 Å². The van der Waals surface area contributed by atoms with Crippen LogP contribution in [0.5, 0.6) is 5.88 Å². The lowest BCUT2D eigenvalue weighted by Gasteiger charge is -2.16. The van der Waals surface area contributed by atoms with Gasteiger partial charge >= 0.3 is 0 Å². The maximum absolute atomic E-state index is 11.5. The highest BCUT2D eigenvalue weighted by Gasteiger charge is 2.07. The van der Waals surface area contributed by atoms with E-state index in [1.54, 1.807) is 25.3 Å². The average molecular weight is 285 g/mol. The van der Waals surface area contributed by atoms with E-state index in [9.17, 15) is 4.79 Å². The zero-order valence-corrected chi connectivity index (χ0v) is 12.2. The molecule has 0 saturated heterocycles. The molecule has 0 aliphatic heterocycles. The van der Waals surface area contributed by atoms with Gasteiger partial charge in [-0.05, 0) is 23.3 Å².